The van der Waals surface area contributed by atoms with Gasteiger partial charge in [-0.25, -0.2) is 0 Å². The summed E-state index contributed by atoms with van der Waals surface area (Å²) in [6.07, 6.45) is 0. The fourth-order valence-electron chi connectivity index (χ4n) is 5.23. The van der Waals surface area contributed by atoms with Gasteiger partial charge in [-0.1, -0.05) is 0 Å². The maximum atomic E-state index is 2.44. The van der Waals surface area contributed by atoms with Gasteiger partial charge in [-0.3, -0.25) is 0 Å². The summed E-state index contributed by atoms with van der Waals surface area (Å²) in [6.45, 7) is 7.33. The van der Waals surface area contributed by atoms with Gasteiger partial charge in [-0.15, -0.1) is 0 Å². The van der Waals surface area contributed by atoms with Crippen LogP contribution in [-0.2, 0) is 0 Å². The average molecular weight is 565 g/mol. The fourth-order valence-corrected chi connectivity index (χ4v) is 18.6. The van der Waals surface area contributed by atoms with Crippen LogP contribution in [0.3, 0.4) is 0 Å². The van der Waals surface area contributed by atoms with Crippen molar-refractivity contribution in [2.45, 2.75) is 25.9 Å². The Labute approximate surface area is 211 Å². The van der Waals surface area contributed by atoms with Crippen molar-refractivity contribution in [1.82, 2.24) is 0 Å². The Balaban J connectivity index is 1.75. The van der Waals surface area contributed by atoms with Gasteiger partial charge < -0.3 is 0 Å². The Morgan fingerprint density at radius 2 is 1.09 bits per heavy atom. The van der Waals surface area contributed by atoms with Crippen LogP contribution in [0.5, 0.6) is 0 Å². The van der Waals surface area contributed by atoms with Crippen molar-refractivity contribution in [1.29, 1.82) is 0 Å². The van der Waals surface area contributed by atoms with Crippen LogP contribution in [0.15, 0.2) is 124 Å². The number of allylic oxidation sites excluding steroid dienone is 2. The van der Waals surface area contributed by atoms with Gasteiger partial charge in [0.05, 0.1) is 0 Å². The summed E-state index contributed by atoms with van der Waals surface area (Å²) in [5.74, 6) is 0. The van der Waals surface area contributed by atoms with Gasteiger partial charge in [0.1, 0.15) is 0 Å². The first-order chi connectivity index (χ1) is 16.6. The molecule has 0 nitrogen and oxygen atoms in total. The van der Waals surface area contributed by atoms with Crippen molar-refractivity contribution in [3.8, 4) is 0 Å². The molecule has 1 atom stereocenters. The molecule has 0 saturated carbocycles. The number of fused-ring (bicyclic) bond motifs is 2. The third-order valence-electron chi connectivity index (χ3n) is 6.57. The van der Waals surface area contributed by atoms with E-state index in [0.29, 0.717) is 0 Å². The van der Waals surface area contributed by atoms with E-state index in [1.54, 1.807) is 21.2 Å². The average Bonchev–Trinajstić information content (AvgIpc) is 2.85. The predicted octanol–water partition coefficient (Wildman–Crippen LogP) is 7.31. The number of hydrogen-bond donors (Lipinski definition) is 0. The minimum atomic E-state index is -2.21. The van der Waals surface area contributed by atoms with Crippen molar-refractivity contribution in [3.63, 3.8) is 0 Å². The summed E-state index contributed by atoms with van der Waals surface area (Å²) in [5, 5.41) is 3.54. The van der Waals surface area contributed by atoms with Crippen molar-refractivity contribution in [2.75, 3.05) is 0 Å². The molecule has 0 saturated heterocycles. The van der Waals surface area contributed by atoms with E-state index in [1.807, 2.05) is 0 Å². The van der Waals surface area contributed by atoms with Gasteiger partial charge in [0.15, 0.2) is 0 Å². The number of rotatable bonds is 3. The molecule has 0 amide bonds. The molecular formula is C32H28PSb. The zero-order valence-corrected chi connectivity index (χ0v) is 23.3. The Bertz CT molecular complexity index is 1410. The van der Waals surface area contributed by atoms with Gasteiger partial charge in [0.25, 0.3) is 0 Å². The second kappa shape index (κ2) is 8.68. The third-order valence-corrected chi connectivity index (χ3v) is 18.1. The summed E-state index contributed by atoms with van der Waals surface area (Å²) in [5.41, 5.74) is 5.76. The first-order valence-electron chi connectivity index (χ1n) is 11.9. The van der Waals surface area contributed by atoms with Crippen LogP contribution in [0.25, 0.3) is 10.9 Å². The normalized spacial score (nSPS) is 17.8. The molecule has 4 aromatic rings. The summed E-state index contributed by atoms with van der Waals surface area (Å²) in [6, 6.07) is 43.1. The topological polar surface area (TPSA) is 0 Å². The SMILES string of the molecule is CC(C)(C)P1C2=C(c3ccccc3)c3cccc[c]3[Sb]([c]3ccccc3)[C]2=C1c1ccccc1. The van der Waals surface area contributed by atoms with E-state index in [1.165, 1.54) is 22.3 Å². The van der Waals surface area contributed by atoms with Crippen LogP contribution in [0.1, 0.15) is 37.5 Å². The third kappa shape index (κ3) is 3.55. The molecule has 0 fully saturated rings. The predicted molar refractivity (Wildman–Crippen MR) is 150 cm³/mol. The van der Waals surface area contributed by atoms with Gasteiger partial charge >= 0.3 is 213 Å². The Hall–Kier alpha value is -2.39. The molecule has 2 aliphatic rings. The van der Waals surface area contributed by atoms with E-state index < -0.39 is 28.1 Å². The van der Waals surface area contributed by atoms with E-state index in [9.17, 15) is 0 Å². The molecule has 4 aromatic carbocycles. The molecule has 2 aliphatic heterocycles. The van der Waals surface area contributed by atoms with Crippen molar-refractivity contribution < 1.29 is 0 Å². The molecule has 0 aromatic heterocycles. The van der Waals surface area contributed by atoms with Crippen LogP contribution >= 0.6 is 7.92 Å². The molecule has 0 aliphatic carbocycles. The standard InChI is InChI=1S/C26H23P.C6H5.Sb/c1-26(2,3)27-23(20-13-7-4-8-14-20)19-24(27)25(21-15-9-5-10-16-21)22-17-11-6-12-18-22;1-2-4-6-5-3-1;/h4-17H,1-3H3;1-5H;. The molecule has 6 rings (SSSR count). The molecule has 0 radical (unpaired) electrons. The first-order valence-corrected chi connectivity index (χ1v) is 17.1. The Morgan fingerprint density at radius 1 is 0.559 bits per heavy atom. The van der Waals surface area contributed by atoms with Crippen LogP contribution in [0.2, 0.25) is 0 Å². The van der Waals surface area contributed by atoms with Gasteiger partial charge in [0, 0.05) is 0 Å². The van der Waals surface area contributed by atoms with Gasteiger partial charge in [-0.2, -0.15) is 0 Å². The summed E-state index contributed by atoms with van der Waals surface area (Å²) in [4.78, 5) is 0. The van der Waals surface area contributed by atoms with Crippen LogP contribution < -0.4 is 7.02 Å². The van der Waals surface area contributed by atoms with E-state index in [-0.39, 0.29) is 5.16 Å². The Morgan fingerprint density at radius 3 is 1.71 bits per heavy atom. The first kappa shape index (κ1) is 22.1. The molecule has 0 N–H and O–H groups in total. The van der Waals surface area contributed by atoms with E-state index in [0.717, 1.165) is 0 Å². The van der Waals surface area contributed by atoms with Gasteiger partial charge in [0.2, 0.25) is 0 Å². The molecule has 2 heteroatoms. The zero-order valence-electron chi connectivity index (χ0n) is 19.9. The van der Waals surface area contributed by atoms with Crippen LogP contribution in [0, 0.1) is 0 Å². The molecule has 0 bridgehead atoms. The molecule has 34 heavy (non-hydrogen) atoms. The fraction of sp³-hybridized carbons (Fsp3) is 0.125. The molecule has 2 heterocycles. The van der Waals surface area contributed by atoms with Crippen molar-refractivity contribution >= 4 is 46.0 Å². The Kier molecular flexibility index (Phi) is 5.64. The molecule has 166 valence electrons. The second-order valence-corrected chi connectivity index (χ2v) is 18.8. The second-order valence-electron chi connectivity index (χ2n) is 9.85. The van der Waals surface area contributed by atoms with E-state index in [2.05, 4.69) is 136 Å². The van der Waals surface area contributed by atoms with E-state index in [4.69, 9.17) is 0 Å². The quantitative estimate of drug-likeness (QED) is 0.181. The molecule has 0 spiro atoms. The number of benzene rings is 4. The van der Waals surface area contributed by atoms with Crippen LogP contribution in [0.4, 0.5) is 0 Å². The van der Waals surface area contributed by atoms with Crippen molar-refractivity contribution in [2.24, 2.45) is 0 Å². The van der Waals surface area contributed by atoms with Gasteiger partial charge in [-0.05, 0) is 0 Å². The van der Waals surface area contributed by atoms with Crippen molar-refractivity contribution in [3.05, 3.63) is 141 Å². The molecule has 1 unspecified atom stereocenters. The summed E-state index contributed by atoms with van der Waals surface area (Å²) < 4.78 is 4.89. The monoisotopic (exact) mass is 564 g/mol. The number of hydrogen-bond acceptors (Lipinski definition) is 0. The minimum absolute atomic E-state index is 0.203. The molecular weight excluding hydrogens is 537 g/mol. The van der Waals surface area contributed by atoms with E-state index >= 15 is 0 Å². The summed E-state index contributed by atoms with van der Waals surface area (Å²) in [7, 11) is -0.435. The maximum absolute atomic E-state index is 2.44. The van der Waals surface area contributed by atoms with Crippen LogP contribution in [-0.4, -0.2) is 25.4 Å². The summed E-state index contributed by atoms with van der Waals surface area (Å²) >= 11 is -2.21. The zero-order chi connectivity index (χ0) is 23.3.